The second-order valence-electron chi connectivity index (χ2n) is 6.80. The average Bonchev–Trinajstić information content (AvgIpc) is 2.61. The number of hydrogen-bond acceptors (Lipinski definition) is 1. The third-order valence-corrected chi connectivity index (χ3v) is 6.41. The van der Waals surface area contributed by atoms with Gasteiger partial charge in [0.05, 0.1) is 0 Å². The Kier molecular flexibility index (Phi) is 2.08. The van der Waals surface area contributed by atoms with Crippen LogP contribution in [0.3, 0.4) is 0 Å². The van der Waals surface area contributed by atoms with Crippen molar-refractivity contribution in [3.8, 4) is 0 Å². The minimum atomic E-state index is 0.306. The van der Waals surface area contributed by atoms with E-state index in [0.717, 1.165) is 6.42 Å². The Labute approximate surface area is 104 Å². The van der Waals surface area contributed by atoms with E-state index in [4.69, 9.17) is 5.73 Å². The summed E-state index contributed by atoms with van der Waals surface area (Å²) in [5.74, 6) is 0. The van der Waals surface area contributed by atoms with Crippen molar-refractivity contribution in [3.63, 3.8) is 0 Å². The summed E-state index contributed by atoms with van der Waals surface area (Å²) in [5, 5.41) is 0. The highest BCUT2D eigenvalue weighted by Crippen LogP contribution is 2.71. The molecule has 92 valence electrons. The van der Waals surface area contributed by atoms with Crippen LogP contribution < -0.4 is 5.73 Å². The Morgan fingerprint density at radius 2 is 1.71 bits per heavy atom. The molecular formula is C16H23N. The molecule has 2 aliphatic carbocycles. The lowest BCUT2D eigenvalue weighted by Gasteiger charge is -2.42. The van der Waals surface area contributed by atoms with E-state index < -0.39 is 0 Å². The molecule has 17 heavy (non-hydrogen) atoms. The Morgan fingerprint density at radius 1 is 1.06 bits per heavy atom. The summed E-state index contributed by atoms with van der Waals surface area (Å²) < 4.78 is 0. The highest BCUT2D eigenvalue weighted by Gasteiger charge is 2.68. The molecule has 0 radical (unpaired) electrons. The lowest BCUT2D eigenvalue weighted by atomic mass is 9.62. The van der Waals surface area contributed by atoms with Gasteiger partial charge in [-0.05, 0) is 35.7 Å². The summed E-state index contributed by atoms with van der Waals surface area (Å²) in [6.45, 7) is 7.26. The van der Waals surface area contributed by atoms with Crippen molar-refractivity contribution in [2.75, 3.05) is 0 Å². The normalized spacial score (nSPS) is 42.9. The first-order chi connectivity index (χ1) is 7.94. The van der Waals surface area contributed by atoms with Gasteiger partial charge in [-0.1, -0.05) is 51.1 Å². The van der Waals surface area contributed by atoms with Crippen molar-refractivity contribution < 1.29 is 0 Å². The fourth-order valence-electron chi connectivity index (χ4n) is 4.63. The summed E-state index contributed by atoms with van der Waals surface area (Å²) in [4.78, 5) is 0. The summed E-state index contributed by atoms with van der Waals surface area (Å²) in [6.07, 6.45) is 3.73. The Balaban J connectivity index is 2.17. The van der Waals surface area contributed by atoms with Gasteiger partial charge in [-0.3, -0.25) is 0 Å². The van der Waals surface area contributed by atoms with E-state index in [2.05, 4.69) is 51.1 Å². The van der Waals surface area contributed by atoms with Gasteiger partial charge in [-0.15, -0.1) is 0 Å². The second-order valence-corrected chi connectivity index (χ2v) is 6.80. The molecule has 0 amide bonds. The van der Waals surface area contributed by atoms with Gasteiger partial charge in [0.25, 0.3) is 0 Å². The quantitative estimate of drug-likeness (QED) is 0.784. The van der Waals surface area contributed by atoms with Gasteiger partial charge >= 0.3 is 0 Å². The van der Waals surface area contributed by atoms with Crippen molar-refractivity contribution in [3.05, 3.63) is 35.9 Å². The summed E-state index contributed by atoms with van der Waals surface area (Å²) in [5.41, 5.74) is 8.88. The van der Waals surface area contributed by atoms with Gasteiger partial charge in [0.1, 0.15) is 0 Å². The Bertz CT molecular complexity index is 436. The largest absolute Gasteiger partial charge is 0.327 e. The average molecular weight is 229 g/mol. The first-order valence-corrected chi connectivity index (χ1v) is 6.75. The van der Waals surface area contributed by atoms with E-state index in [1.54, 1.807) is 0 Å². The number of rotatable bonds is 1. The molecule has 0 unspecified atom stereocenters. The lowest BCUT2D eigenvalue weighted by molar-refractivity contribution is 0.123. The third kappa shape index (κ3) is 1.09. The molecule has 2 saturated carbocycles. The standard InChI is InChI=1S/C16H23N/c1-14(2)15(3)9-10-16(14,11-13(15)17)12-7-5-4-6-8-12/h4-8,13H,9-11,17H2,1-3H3/t13-,15-,16-/m0/s1. The van der Waals surface area contributed by atoms with Crippen LogP contribution in [0.1, 0.15) is 45.6 Å². The van der Waals surface area contributed by atoms with Crippen LogP contribution in [-0.2, 0) is 5.41 Å². The van der Waals surface area contributed by atoms with Crippen molar-refractivity contribution in [2.24, 2.45) is 16.6 Å². The van der Waals surface area contributed by atoms with Crippen molar-refractivity contribution in [1.82, 2.24) is 0 Å². The number of nitrogens with two attached hydrogens (primary N) is 1. The van der Waals surface area contributed by atoms with Crippen LogP contribution in [-0.4, -0.2) is 6.04 Å². The van der Waals surface area contributed by atoms with Crippen LogP contribution in [0.25, 0.3) is 0 Å². The highest BCUT2D eigenvalue weighted by molar-refractivity contribution is 5.37. The van der Waals surface area contributed by atoms with E-state index in [1.165, 1.54) is 18.4 Å². The summed E-state index contributed by atoms with van der Waals surface area (Å²) in [6, 6.07) is 11.4. The molecule has 0 heterocycles. The van der Waals surface area contributed by atoms with Gasteiger partial charge in [0.15, 0.2) is 0 Å². The second kappa shape index (κ2) is 3.14. The van der Waals surface area contributed by atoms with Crippen molar-refractivity contribution in [2.45, 2.75) is 51.5 Å². The van der Waals surface area contributed by atoms with Gasteiger partial charge in [0, 0.05) is 11.5 Å². The first kappa shape index (κ1) is 11.3. The van der Waals surface area contributed by atoms with Crippen molar-refractivity contribution >= 4 is 0 Å². The molecule has 1 heteroatoms. The van der Waals surface area contributed by atoms with Crippen LogP contribution in [0.15, 0.2) is 30.3 Å². The fourth-order valence-corrected chi connectivity index (χ4v) is 4.63. The van der Waals surface area contributed by atoms with Gasteiger partial charge in [-0.2, -0.15) is 0 Å². The molecule has 0 aliphatic heterocycles. The fraction of sp³-hybridized carbons (Fsp3) is 0.625. The van der Waals surface area contributed by atoms with Crippen molar-refractivity contribution in [1.29, 1.82) is 0 Å². The molecule has 1 aromatic carbocycles. The maximum absolute atomic E-state index is 6.45. The van der Waals surface area contributed by atoms with Crippen LogP contribution in [0.2, 0.25) is 0 Å². The van der Waals surface area contributed by atoms with E-state index >= 15 is 0 Å². The predicted molar refractivity (Wildman–Crippen MR) is 71.8 cm³/mol. The Morgan fingerprint density at radius 3 is 2.18 bits per heavy atom. The molecule has 0 aromatic heterocycles. The molecule has 1 nitrogen and oxygen atoms in total. The minimum Gasteiger partial charge on any atom is -0.327 e. The van der Waals surface area contributed by atoms with Gasteiger partial charge < -0.3 is 5.73 Å². The van der Waals surface area contributed by atoms with E-state index in [0.29, 0.717) is 22.3 Å². The monoisotopic (exact) mass is 229 g/mol. The minimum absolute atomic E-state index is 0.306. The molecule has 0 spiro atoms. The number of benzene rings is 1. The zero-order valence-electron chi connectivity index (χ0n) is 11.2. The molecule has 0 saturated heterocycles. The van der Waals surface area contributed by atoms with Crippen LogP contribution in [0.4, 0.5) is 0 Å². The number of hydrogen-bond donors (Lipinski definition) is 1. The maximum Gasteiger partial charge on any atom is 0.0107 e. The third-order valence-electron chi connectivity index (χ3n) is 6.41. The van der Waals surface area contributed by atoms with E-state index in [1.807, 2.05) is 0 Å². The predicted octanol–water partition coefficient (Wildman–Crippen LogP) is 3.48. The molecule has 2 N–H and O–H groups in total. The molecule has 3 atom stereocenters. The first-order valence-electron chi connectivity index (χ1n) is 6.75. The van der Waals surface area contributed by atoms with E-state index in [9.17, 15) is 0 Å². The topological polar surface area (TPSA) is 26.0 Å². The summed E-state index contributed by atoms with van der Waals surface area (Å²) in [7, 11) is 0. The molecule has 2 aliphatic rings. The smallest absolute Gasteiger partial charge is 0.0107 e. The Hall–Kier alpha value is -0.820. The number of fused-ring (bicyclic) bond motifs is 2. The summed E-state index contributed by atoms with van der Waals surface area (Å²) >= 11 is 0. The van der Waals surface area contributed by atoms with Gasteiger partial charge in [0.2, 0.25) is 0 Å². The molecule has 3 rings (SSSR count). The SMILES string of the molecule is CC1(C)[C@@]2(c3ccccc3)CC[C@@]1(C)[C@@H](N)C2. The zero-order valence-corrected chi connectivity index (χ0v) is 11.2. The molecule has 2 fully saturated rings. The molecular weight excluding hydrogens is 206 g/mol. The van der Waals surface area contributed by atoms with Crippen LogP contribution in [0, 0.1) is 10.8 Å². The maximum atomic E-state index is 6.45. The highest BCUT2D eigenvalue weighted by atomic mass is 14.8. The van der Waals surface area contributed by atoms with Crippen LogP contribution >= 0.6 is 0 Å². The van der Waals surface area contributed by atoms with Gasteiger partial charge in [-0.25, -0.2) is 0 Å². The van der Waals surface area contributed by atoms with E-state index in [-0.39, 0.29) is 0 Å². The molecule has 1 aromatic rings. The molecule has 2 bridgehead atoms. The van der Waals surface area contributed by atoms with Crippen LogP contribution in [0.5, 0.6) is 0 Å². The lowest BCUT2D eigenvalue weighted by Crippen LogP contribution is -2.41. The zero-order chi connectivity index (χ0) is 12.3.